The summed E-state index contributed by atoms with van der Waals surface area (Å²) < 4.78 is 0. The van der Waals surface area contributed by atoms with Gasteiger partial charge in [-0.15, -0.1) is 11.1 Å². The molecule has 0 aromatic heterocycles. The largest absolute Gasteiger partial charge is 0.163 e. The monoisotopic (exact) mass is 394 g/mol. The summed E-state index contributed by atoms with van der Waals surface area (Å²) in [4.78, 5) is 0. The summed E-state index contributed by atoms with van der Waals surface area (Å²) in [6, 6.07) is 29.6. The molecule has 0 unspecified atom stereocenters. The summed E-state index contributed by atoms with van der Waals surface area (Å²) in [6.07, 6.45) is 0. The van der Waals surface area contributed by atoms with E-state index < -0.39 is 16.1 Å². The van der Waals surface area contributed by atoms with Gasteiger partial charge in [0.1, 0.15) is 0 Å². The molecule has 0 heterocycles. The molecule has 138 valence electrons. The average molecular weight is 395 g/mol. The molecule has 0 radical (unpaired) electrons. The van der Waals surface area contributed by atoms with Crippen molar-refractivity contribution in [1.82, 2.24) is 0 Å². The molecule has 3 aromatic carbocycles. The number of benzene rings is 3. The molecule has 0 saturated heterocycles. The van der Waals surface area contributed by atoms with Gasteiger partial charge in [-0.25, -0.2) is 0 Å². The predicted molar refractivity (Wildman–Crippen MR) is 127 cm³/mol. The van der Waals surface area contributed by atoms with E-state index in [-0.39, 0.29) is 0 Å². The minimum atomic E-state index is -1.74. The molecular weight excluding hydrogens is 368 g/mol. The first-order chi connectivity index (χ1) is 13.4. The lowest BCUT2D eigenvalue weighted by Crippen LogP contribution is -2.39. The van der Waals surface area contributed by atoms with Gasteiger partial charge in [0.05, 0.1) is 0 Å². The van der Waals surface area contributed by atoms with Gasteiger partial charge in [0, 0.05) is 11.1 Å². The van der Waals surface area contributed by atoms with E-state index in [1.54, 1.807) is 0 Å². The van der Waals surface area contributed by atoms with Crippen LogP contribution in [0.25, 0.3) is 0 Å². The SMILES string of the molecule is C[Si](C)(C#Cc1ccc(C#C[Si](C)(C)c2ccccc2)cc1)c1ccccc1. The van der Waals surface area contributed by atoms with Crippen molar-refractivity contribution in [2.24, 2.45) is 0 Å². The predicted octanol–water partition coefficient (Wildman–Crippen LogP) is 4.70. The molecule has 3 aromatic rings. The van der Waals surface area contributed by atoms with Crippen molar-refractivity contribution in [3.8, 4) is 22.9 Å². The van der Waals surface area contributed by atoms with Gasteiger partial charge in [0.25, 0.3) is 0 Å². The molecule has 0 fully saturated rings. The van der Waals surface area contributed by atoms with Crippen LogP contribution in [0.4, 0.5) is 0 Å². The second-order valence-corrected chi connectivity index (χ2v) is 16.2. The number of rotatable bonds is 2. The van der Waals surface area contributed by atoms with Crippen molar-refractivity contribution in [1.29, 1.82) is 0 Å². The van der Waals surface area contributed by atoms with Crippen LogP contribution >= 0.6 is 0 Å². The molecule has 2 heteroatoms. The Morgan fingerprint density at radius 1 is 0.464 bits per heavy atom. The van der Waals surface area contributed by atoms with Crippen LogP contribution in [0.2, 0.25) is 26.2 Å². The second-order valence-electron chi connectivity index (χ2n) is 8.06. The molecule has 0 spiro atoms. The fourth-order valence-electron chi connectivity index (χ4n) is 2.95. The fraction of sp³-hybridized carbons (Fsp3) is 0.154. The Morgan fingerprint density at radius 3 is 1.11 bits per heavy atom. The second kappa shape index (κ2) is 8.49. The first kappa shape index (κ1) is 20.0. The van der Waals surface area contributed by atoms with Gasteiger partial charge in [0.15, 0.2) is 16.1 Å². The van der Waals surface area contributed by atoms with E-state index in [0.717, 1.165) is 11.1 Å². The summed E-state index contributed by atoms with van der Waals surface area (Å²) in [5.74, 6) is 6.76. The van der Waals surface area contributed by atoms with Gasteiger partial charge >= 0.3 is 0 Å². The normalized spacial score (nSPS) is 11.0. The molecule has 3 rings (SSSR count). The summed E-state index contributed by atoms with van der Waals surface area (Å²) in [7, 11) is -3.47. The molecule has 0 amide bonds. The fourth-order valence-corrected chi connectivity index (χ4v) is 6.20. The Kier molecular flexibility index (Phi) is 6.05. The van der Waals surface area contributed by atoms with Gasteiger partial charge < -0.3 is 0 Å². The maximum absolute atomic E-state index is 3.55. The molecule has 0 aliphatic rings. The van der Waals surface area contributed by atoms with E-state index in [1.165, 1.54) is 10.4 Å². The minimum absolute atomic E-state index is 1.06. The highest BCUT2D eigenvalue weighted by Gasteiger charge is 2.21. The zero-order valence-electron chi connectivity index (χ0n) is 17.1. The van der Waals surface area contributed by atoms with Crippen molar-refractivity contribution in [2.45, 2.75) is 26.2 Å². The lowest BCUT2D eigenvalue weighted by atomic mass is 10.1. The van der Waals surface area contributed by atoms with E-state index >= 15 is 0 Å². The van der Waals surface area contributed by atoms with Crippen LogP contribution in [0.3, 0.4) is 0 Å². The summed E-state index contributed by atoms with van der Waals surface area (Å²) in [5, 5.41) is 2.75. The Labute approximate surface area is 171 Å². The highest BCUT2D eigenvalue weighted by molar-refractivity contribution is 6.96. The Balaban J connectivity index is 1.76. The Bertz CT molecular complexity index is 951. The molecule has 28 heavy (non-hydrogen) atoms. The molecular formula is C26H26Si2. The van der Waals surface area contributed by atoms with Crippen LogP contribution in [0.15, 0.2) is 84.9 Å². The average Bonchev–Trinajstić information content (AvgIpc) is 2.73. The van der Waals surface area contributed by atoms with Gasteiger partial charge in [-0.3, -0.25) is 0 Å². The minimum Gasteiger partial charge on any atom is -0.121 e. The first-order valence-corrected chi connectivity index (χ1v) is 15.6. The van der Waals surface area contributed by atoms with E-state index in [1.807, 2.05) is 0 Å². The molecule has 0 atom stereocenters. The third-order valence-electron chi connectivity index (χ3n) is 4.91. The standard InChI is InChI=1S/C26H26Si2/c1-27(2,25-11-7-5-8-12-25)21-19-23-15-17-24(18-16-23)20-22-28(3,4)26-13-9-6-10-14-26/h5-18H,1-4H3. The van der Waals surface area contributed by atoms with E-state index in [9.17, 15) is 0 Å². The van der Waals surface area contributed by atoms with Crippen LogP contribution in [0.1, 0.15) is 11.1 Å². The van der Waals surface area contributed by atoms with Gasteiger partial charge in [-0.2, -0.15) is 0 Å². The number of hydrogen-bond acceptors (Lipinski definition) is 0. The van der Waals surface area contributed by atoms with Crippen molar-refractivity contribution in [2.75, 3.05) is 0 Å². The lowest BCUT2D eigenvalue weighted by molar-refractivity contribution is 1.60. The molecule has 0 N–H and O–H groups in total. The molecule has 0 nitrogen and oxygen atoms in total. The topological polar surface area (TPSA) is 0 Å². The van der Waals surface area contributed by atoms with Crippen LogP contribution < -0.4 is 10.4 Å². The van der Waals surface area contributed by atoms with E-state index in [0.29, 0.717) is 0 Å². The van der Waals surface area contributed by atoms with Crippen molar-refractivity contribution < 1.29 is 0 Å². The van der Waals surface area contributed by atoms with Crippen LogP contribution in [0.5, 0.6) is 0 Å². The van der Waals surface area contributed by atoms with Crippen LogP contribution in [0, 0.1) is 22.9 Å². The van der Waals surface area contributed by atoms with Crippen molar-refractivity contribution in [3.05, 3.63) is 96.1 Å². The maximum Gasteiger partial charge on any atom is 0.163 e. The quantitative estimate of drug-likeness (QED) is 0.437. The maximum atomic E-state index is 3.55. The van der Waals surface area contributed by atoms with Crippen LogP contribution in [-0.2, 0) is 0 Å². The summed E-state index contributed by atoms with van der Waals surface area (Å²) in [6.45, 7) is 9.19. The smallest absolute Gasteiger partial charge is 0.121 e. The van der Waals surface area contributed by atoms with Crippen LogP contribution in [-0.4, -0.2) is 16.1 Å². The molecule has 0 aliphatic heterocycles. The van der Waals surface area contributed by atoms with E-state index in [2.05, 4.69) is 134 Å². The first-order valence-electron chi connectivity index (χ1n) is 9.64. The molecule has 0 aliphatic carbocycles. The lowest BCUT2D eigenvalue weighted by Gasteiger charge is -2.15. The van der Waals surface area contributed by atoms with Gasteiger partial charge in [-0.1, -0.05) is 98.7 Å². The summed E-state index contributed by atoms with van der Waals surface area (Å²) in [5.41, 5.74) is 9.21. The number of hydrogen-bond donors (Lipinski definition) is 0. The van der Waals surface area contributed by atoms with E-state index in [4.69, 9.17) is 0 Å². The zero-order valence-corrected chi connectivity index (χ0v) is 19.1. The highest BCUT2D eigenvalue weighted by Crippen LogP contribution is 2.07. The van der Waals surface area contributed by atoms with Gasteiger partial charge in [0.2, 0.25) is 0 Å². The summed E-state index contributed by atoms with van der Waals surface area (Å²) >= 11 is 0. The molecule has 0 bridgehead atoms. The Hall–Kier alpha value is -2.79. The molecule has 0 saturated carbocycles. The highest BCUT2D eigenvalue weighted by atomic mass is 28.3. The Morgan fingerprint density at radius 2 is 0.786 bits per heavy atom. The van der Waals surface area contributed by atoms with Gasteiger partial charge in [-0.05, 0) is 34.6 Å². The third-order valence-corrected chi connectivity index (χ3v) is 9.97. The zero-order chi connectivity index (χ0) is 20.0. The third kappa shape index (κ3) is 5.14. The van der Waals surface area contributed by atoms with Crippen molar-refractivity contribution in [3.63, 3.8) is 0 Å². The van der Waals surface area contributed by atoms with Crippen molar-refractivity contribution >= 4 is 26.5 Å².